The van der Waals surface area contributed by atoms with Gasteiger partial charge in [-0.25, -0.2) is 13.2 Å². The lowest BCUT2D eigenvalue weighted by molar-refractivity contribution is 0.0384. The van der Waals surface area contributed by atoms with Crippen molar-refractivity contribution < 1.29 is 17.9 Å². The van der Waals surface area contributed by atoms with Gasteiger partial charge >= 0.3 is 5.97 Å². The van der Waals surface area contributed by atoms with Crippen molar-refractivity contribution in [3.8, 4) is 11.1 Å². The average molecular weight is 378 g/mol. The molecule has 4 nitrogen and oxygen atoms in total. The molecule has 0 aliphatic heterocycles. The zero-order chi connectivity index (χ0) is 19.2. The molecule has 0 unspecified atom stereocenters. The number of hydrogen-bond acceptors (Lipinski definition) is 4. The van der Waals surface area contributed by atoms with Gasteiger partial charge in [0.25, 0.3) is 0 Å². The van der Waals surface area contributed by atoms with Crippen LogP contribution in [0.1, 0.15) is 33.2 Å². The highest BCUT2D eigenvalue weighted by molar-refractivity contribution is 7.90. The summed E-state index contributed by atoms with van der Waals surface area (Å²) < 4.78 is 29.5. The molecule has 0 aromatic heterocycles. The van der Waals surface area contributed by atoms with Crippen LogP contribution in [0.15, 0.2) is 71.6 Å². The first-order chi connectivity index (χ1) is 12.9. The number of carbonyl (C=O) groups excluding carboxylic acids is 1. The average Bonchev–Trinajstić information content (AvgIpc) is 2.95. The summed E-state index contributed by atoms with van der Waals surface area (Å²) in [6.07, 6.45) is 0.613. The highest BCUT2D eigenvalue weighted by Gasteiger charge is 2.31. The van der Waals surface area contributed by atoms with Gasteiger partial charge in [0.1, 0.15) is 0 Å². The Morgan fingerprint density at radius 3 is 2.00 bits per heavy atom. The molecule has 1 aliphatic rings. The molecular formula is C22H18O4S. The molecule has 1 aliphatic carbocycles. The molecule has 0 radical (unpaired) electrons. The first kappa shape index (κ1) is 17.5. The van der Waals surface area contributed by atoms with Crippen molar-refractivity contribution in [2.45, 2.75) is 17.9 Å². The van der Waals surface area contributed by atoms with Gasteiger partial charge in [0.2, 0.25) is 0 Å². The number of sulfone groups is 1. The third-order valence-electron chi connectivity index (χ3n) is 4.86. The number of benzene rings is 3. The number of ether oxygens (including phenoxy) is 1. The van der Waals surface area contributed by atoms with E-state index in [1.165, 1.54) is 12.1 Å². The number of fused-ring (bicyclic) bond motifs is 3. The molecule has 0 bridgehead atoms. The second-order valence-corrected chi connectivity index (χ2v) is 8.72. The Bertz CT molecular complexity index is 1120. The van der Waals surface area contributed by atoms with Crippen molar-refractivity contribution in [3.05, 3.63) is 89.0 Å². The molecule has 0 heterocycles. The fraction of sp³-hybridized carbons (Fsp3) is 0.136. The Morgan fingerprint density at radius 2 is 1.44 bits per heavy atom. The molecule has 0 fully saturated rings. The fourth-order valence-corrected chi connectivity index (χ4v) is 4.11. The summed E-state index contributed by atoms with van der Waals surface area (Å²) >= 11 is 0. The molecule has 0 spiro atoms. The zero-order valence-electron chi connectivity index (χ0n) is 15.0. The monoisotopic (exact) mass is 378 g/mol. The number of esters is 1. The summed E-state index contributed by atoms with van der Waals surface area (Å²) in [5.74, 6) is -0.533. The van der Waals surface area contributed by atoms with E-state index in [2.05, 4.69) is 0 Å². The van der Waals surface area contributed by atoms with Gasteiger partial charge in [-0.05, 0) is 35.7 Å². The maximum atomic E-state index is 12.9. The van der Waals surface area contributed by atoms with Crippen molar-refractivity contribution in [1.82, 2.24) is 0 Å². The predicted octanol–water partition coefficient (Wildman–Crippen LogP) is 4.33. The van der Waals surface area contributed by atoms with Crippen molar-refractivity contribution in [2.75, 3.05) is 6.26 Å². The standard InChI is InChI=1S/C22H18O4S/c1-14-11-12-15(27(2,24)25)13-20(14)22(23)26-21-18-9-5-3-7-16(18)17-8-4-6-10-19(17)21/h3-13,21H,1-2H3. The van der Waals surface area contributed by atoms with E-state index in [0.29, 0.717) is 5.56 Å². The van der Waals surface area contributed by atoms with Gasteiger partial charge in [-0.15, -0.1) is 0 Å². The first-order valence-electron chi connectivity index (χ1n) is 8.56. The minimum Gasteiger partial charge on any atom is -0.449 e. The van der Waals surface area contributed by atoms with Crippen molar-refractivity contribution in [1.29, 1.82) is 0 Å². The third-order valence-corrected chi connectivity index (χ3v) is 5.97. The molecule has 0 atom stereocenters. The van der Waals surface area contributed by atoms with Gasteiger partial charge in [0.15, 0.2) is 15.9 Å². The minimum atomic E-state index is -3.41. The van der Waals surface area contributed by atoms with Crippen molar-refractivity contribution in [3.63, 3.8) is 0 Å². The number of carbonyl (C=O) groups is 1. The second kappa shape index (κ2) is 6.35. The lowest BCUT2D eigenvalue weighted by Gasteiger charge is -2.16. The van der Waals surface area contributed by atoms with Crippen LogP contribution in [0.5, 0.6) is 0 Å². The smallest absolute Gasteiger partial charge is 0.339 e. The summed E-state index contributed by atoms with van der Waals surface area (Å²) in [5.41, 5.74) is 4.90. The molecule has 3 aromatic carbocycles. The molecule has 4 rings (SSSR count). The molecule has 136 valence electrons. The number of hydrogen-bond donors (Lipinski definition) is 0. The Balaban J connectivity index is 1.74. The topological polar surface area (TPSA) is 60.4 Å². The van der Waals surface area contributed by atoms with E-state index in [4.69, 9.17) is 4.74 Å². The van der Waals surface area contributed by atoms with Gasteiger partial charge in [0.05, 0.1) is 10.5 Å². The van der Waals surface area contributed by atoms with E-state index in [1.807, 2.05) is 48.5 Å². The van der Waals surface area contributed by atoms with Gasteiger partial charge in [-0.3, -0.25) is 0 Å². The molecule has 5 heteroatoms. The molecule has 0 saturated carbocycles. The van der Waals surface area contributed by atoms with Crippen LogP contribution in [0.3, 0.4) is 0 Å². The third kappa shape index (κ3) is 3.04. The summed E-state index contributed by atoms with van der Waals surface area (Å²) in [6, 6.07) is 20.2. The van der Waals surface area contributed by atoms with Crippen LogP contribution in [0, 0.1) is 6.92 Å². The van der Waals surface area contributed by atoms with Crippen LogP contribution in [-0.4, -0.2) is 20.6 Å². The molecular weight excluding hydrogens is 360 g/mol. The lowest BCUT2D eigenvalue weighted by atomic mass is 10.1. The zero-order valence-corrected chi connectivity index (χ0v) is 15.8. The fourth-order valence-electron chi connectivity index (χ4n) is 3.46. The van der Waals surface area contributed by atoms with Crippen LogP contribution < -0.4 is 0 Å². The lowest BCUT2D eigenvalue weighted by Crippen LogP contribution is -2.13. The van der Waals surface area contributed by atoms with E-state index in [1.54, 1.807) is 13.0 Å². The summed E-state index contributed by atoms with van der Waals surface area (Å²) in [6.45, 7) is 1.76. The van der Waals surface area contributed by atoms with E-state index >= 15 is 0 Å². The molecule has 0 N–H and O–H groups in total. The van der Waals surface area contributed by atoms with Crippen LogP contribution in [0.25, 0.3) is 11.1 Å². The van der Waals surface area contributed by atoms with Crippen LogP contribution in [0.4, 0.5) is 0 Å². The summed E-state index contributed by atoms with van der Waals surface area (Å²) in [7, 11) is -3.41. The maximum absolute atomic E-state index is 12.9. The quantitative estimate of drug-likeness (QED) is 0.637. The minimum absolute atomic E-state index is 0.104. The summed E-state index contributed by atoms with van der Waals surface area (Å²) in [4.78, 5) is 13.0. The predicted molar refractivity (Wildman–Crippen MR) is 103 cm³/mol. The Labute approximate surface area is 158 Å². The first-order valence-corrected chi connectivity index (χ1v) is 10.5. The molecule has 27 heavy (non-hydrogen) atoms. The van der Waals surface area contributed by atoms with Crippen molar-refractivity contribution in [2.24, 2.45) is 0 Å². The largest absolute Gasteiger partial charge is 0.449 e. The van der Waals surface area contributed by atoms with Crippen LogP contribution in [0.2, 0.25) is 0 Å². The second-order valence-electron chi connectivity index (χ2n) is 6.71. The van der Waals surface area contributed by atoms with Gasteiger partial charge < -0.3 is 4.74 Å². The Kier molecular flexibility index (Phi) is 4.12. The van der Waals surface area contributed by atoms with E-state index in [-0.39, 0.29) is 10.5 Å². The highest BCUT2D eigenvalue weighted by Crippen LogP contribution is 2.45. The Hall–Kier alpha value is -2.92. The summed E-state index contributed by atoms with van der Waals surface area (Å²) in [5, 5.41) is 0. The van der Waals surface area contributed by atoms with Gasteiger partial charge in [-0.2, -0.15) is 0 Å². The van der Waals surface area contributed by atoms with Crippen LogP contribution >= 0.6 is 0 Å². The molecule has 0 saturated heterocycles. The van der Waals surface area contributed by atoms with E-state index < -0.39 is 21.9 Å². The van der Waals surface area contributed by atoms with E-state index in [9.17, 15) is 13.2 Å². The van der Waals surface area contributed by atoms with Crippen molar-refractivity contribution >= 4 is 15.8 Å². The maximum Gasteiger partial charge on any atom is 0.339 e. The van der Waals surface area contributed by atoms with Gasteiger partial charge in [0, 0.05) is 17.4 Å². The normalized spacial score (nSPS) is 13.1. The highest BCUT2D eigenvalue weighted by atomic mass is 32.2. The number of aryl methyl sites for hydroxylation is 1. The molecule has 3 aromatic rings. The number of rotatable bonds is 3. The van der Waals surface area contributed by atoms with Crippen LogP contribution in [-0.2, 0) is 14.6 Å². The Morgan fingerprint density at radius 1 is 0.889 bits per heavy atom. The van der Waals surface area contributed by atoms with Gasteiger partial charge in [-0.1, -0.05) is 54.6 Å². The van der Waals surface area contributed by atoms with E-state index in [0.717, 1.165) is 28.5 Å². The SMILES string of the molecule is Cc1ccc(S(C)(=O)=O)cc1C(=O)OC1c2ccccc2-c2ccccc21. The molecule has 0 amide bonds.